The molecule has 0 atom stereocenters. The van der Waals surface area contributed by atoms with E-state index in [4.69, 9.17) is 4.52 Å². The Kier molecular flexibility index (Phi) is 6.03. The molecule has 3 heterocycles. The first kappa shape index (κ1) is 18.6. The number of likely N-dealkylation sites (tertiary alicyclic amines) is 1. The van der Waals surface area contributed by atoms with E-state index in [0.717, 1.165) is 5.56 Å². The number of carbonyl (C=O) groups is 2. The number of nitrogens with zero attached hydrogens (tertiary/aromatic N) is 3. The van der Waals surface area contributed by atoms with Gasteiger partial charge in [-0.3, -0.25) is 9.59 Å². The second-order valence-corrected chi connectivity index (χ2v) is 7.62. The van der Waals surface area contributed by atoms with Crippen LogP contribution in [0.4, 0.5) is 0 Å². The van der Waals surface area contributed by atoms with Crippen molar-refractivity contribution in [2.24, 2.45) is 5.92 Å². The van der Waals surface area contributed by atoms with E-state index in [0.29, 0.717) is 50.5 Å². The highest BCUT2D eigenvalue weighted by Crippen LogP contribution is 2.20. The monoisotopic (exact) mass is 376 g/mol. The summed E-state index contributed by atoms with van der Waals surface area (Å²) >= 11 is 1.57. The van der Waals surface area contributed by atoms with Gasteiger partial charge in [-0.15, -0.1) is 0 Å². The molecule has 0 radical (unpaired) electrons. The Morgan fingerprint density at radius 3 is 2.81 bits per heavy atom. The summed E-state index contributed by atoms with van der Waals surface area (Å²) < 4.78 is 5.23. The molecule has 0 aromatic carbocycles. The first-order valence-electron chi connectivity index (χ1n) is 8.96. The summed E-state index contributed by atoms with van der Waals surface area (Å²) in [7, 11) is 0. The zero-order chi connectivity index (χ0) is 18.5. The lowest BCUT2D eigenvalue weighted by Crippen LogP contribution is -2.44. The van der Waals surface area contributed by atoms with Crippen molar-refractivity contribution in [3.05, 3.63) is 22.7 Å². The van der Waals surface area contributed by atoms with Crippen LogP contribution < -0.4 is 5.32 Å². The summed E-state index contributed by atoms with van der Waals surface area (Å²) in [5.41, 5.74) is 0.929. The van der Waals surface area contributed by atoms with Gasteiger partial charge in [-0.25, -0.2) is 0 Å². The number of aromatic nitrogens is 2. The highest BCUT2D eigenvalue weighted by molar-refractivity contribution is 7.08. The van der Waals surface area contributed by atoms with Gasteiger partial charge in [0.25, 0.3) is 0 Å². The van der Waals surface area contributed by atoms with E-state index >= 15 is 0 Å². The minimum Gasteiger partial charge on any atom is -0.354 e. The van der Waals surface area contributed by atoms with Crippen LogP contribution in [-0.4, -0.2) is 46.0 Å². The normalized spacial score (nSPS) is 15.4. The van der Waals surface area contributed by atoms with Crippen molar-refractivity contribution >= 4 is 23.2 Å². The fraction of sp³-hybridized carbons (Fsp3) is 0.556. The maximum Gasteiger partial charge on any atom is 0.227 e. The van der Waals surface area contributed by atoms with E-state index in [9.17, 15) is 9.59 Å². The Hall–Kier alpha value is -2.22. The molecule has 2 aromatic heterocycles. The summed E-state index contributed by atoms with van der Waals surface area (Å²) in [6, 6.07) is 2.08. The van der Waals surface area contributed by atoms with Gasteiger partial charge in [0.1, 0.15) is 0 Å². The van der Waals surface area contributed by atoms with Crippen molar-refractivity contribution in [2.45, 2.75) is 45.6 Å². The van der Waals surface area contributed by atoms with Crippen molar-refractivity contribution in [2.75, 3.05) is 13.1 Å². The molecule has 0 aliphatic carbocycles. The summed E-state index contributed by atoms with van der Waals surface area (Å²) in [6.07, 6.45) is 2.21. The van der Waals surface area contributed by atoms with E-state index in [1.54, 1.807) is 11.3 Å². The van der Waals surface area contributed by atoms with Gasteiger partial charge in [-0.1, -0.05) is 5.16 Å². The molecular formula is C18H24N4O3S. The standard InChI is InChI=1S/C18H24N4O3S/c1-12(2)19-18(24)13-5-8-22(9-6-13)16(23)4-3-15-20-17(21-25-15)14-7-10-26-11-14/h7,10-13H,3-6,8-9H2,1-2H3,(H,19,24). The highest BCUT2D eigenvalue weighted by atomic mass is 32.1. The summed E-state index contributed by atoms with van der Waals surface area (Å²) in [4.78, 5) is 30.6. The number of hydrogen-bond donors (Lipinski definition) is 1. The molecule has 140 valence electrons. The fourth-order valence-corrected chi connectivity index (χ4v) is 3.67. The van der Waals surface area contributed by atoms with Crippen molar-refractivity contribution < 1.29 is 14.1 Å². The van der Waals surface area contributed by atoms with E-state index in [2.05, 4.69) is 15.5 Å². The van der Waals surface area contributed by atoms with Crippen LogP contribution in [0.15, 0.2) is 21.3 Å². The Bertz CT molecular complexity index is 733. The molecule has 7 nitrogen and oxygen atoms in total. The molecule has 2 aromatic rings. The van der Waals surface area contributed by atoms with Crippen molar-refractivity contribution in [3.8, 4) is 11.4 Å². The third-order valence-electron chi connectivity index (χ3n) is 4.45. The molecular weight excluding hydrogens is 352 g/mol. The summed E-state index contributed by atoms with van der Waals surface area (Å²) in [5.74, 6) is 1.21. The largest absolute Gasteiger partial charge is 0.354 e. The van der Waals surface area contributed by atoms with Crippen LogP contribution in [0.5, 0.6) is 0 Å². The van der Waals surface area contributed by atoms with E-state index in [1.807, 2.05) is 35.6 Å². The van der Waals surface area contributed by atoms with Gasteiger partial charge in [0.15, 0.2) is 0 Å². The van der Waals surface area contributed by atoms with Crippen LogP contribution in [-0.2, 0) is 16.0 Å². The third-order valence-corrected chi connectivity index (χ3v) is 5.13. The zero-order valence-corrected chi connectivity index (χ0v) is 15.9. The summed E-state index contributed by atoms with van der Waals surface area (Å²) in [6.45, 7) is 5.16. The lowest BCUT2D eigenvalue weighted by atomic mass is 9.95. The van der Waals surface area contributed by atoms with Gasteiger partial charge in [0.05, 0.1) is 0 Å². The van der Waals surface area contributed by atoms with Crippen LogP contribution in [0.25, 0.3) is 11.4 Å². The lowest BCUT2D eigenvalue weighted by Gasteiger charge is -2.31. The molecule has 0 spiro atoms. The number of nitrogens with one attached hydrogen (secondary N) is 1. The predicted octanol–water partition coefficient (Wildman–Crippen LogP) is 2.49. The maximum absolute atomic E-state index is 12.4. The van der Waals surface area contributed by atoms with Gasteiger partial charge in [-0.05, 0) is 38.1 Å². The molecule has 0 unspecified atom stereocenters. The number of piperidine rings is 1. The number of aryl methyl sites for hydroxylation is 1. The van der Waals surface area contributed by atoms with Gasteiger partial charge < -0.3 is 14.7 Å². The molecule has 1 aliphatic heterocycles. The fourth-order valence-electron chi connectivity index (χ4n) is 3.03. The number of carbonyl (C=O) groups excluding carboxylic acids is 2. The Labute approximate surface area is 156 Å². The predicted molar refractivity (Wildman–Crippen MR) is 98.5 cm³/mol. The molecule has 1 N–H and O–H groups in total. The molecule has 1 aliphatic rings. The lowest BCUT2D eigenvalue weighted by molar-refractivity contribution is -0.135. The molecule has 2 amide bonds. The number of thiophene rings is 1. The molecule has 26 heavy (non-hydrogen) atoms. The van der Waals surface area contributed by atoms with Crippen molar-refractivity contribution in [3.63, 3.8) is 0 Å². The zero-order valence-electron chi connectivity index (χ0n) is 15.1. The Morgan fingerprint density at radius 1 is 1.38 bits per heavy atom. The van der Waals surface area contributed by atoms with Crippen LogP contribution >= 0.6 is 11.3 Å². The van der Waals surface area contributed by atoms with Crippen LogP contribution in [0.2, 0.25) is 0 Å². The highest BCUT2D eigenvalue weighted by Gasteiger charge is 2.27. The van der Waals surface area contributed by atoms with E-state index in [1.165, 1.54) is 0 Å². The van der Waals surface area contributed by atoms with Crippen LogP contribution in [0, 0.1) is 5.92 Å². The number of amides is 2. The van der Waals surface area contributed by atoms with Gasteiger partial charge >= 0.3 is 0 Å². The molecule has 1 saturated heterocycles. The second kappa shape index (κ2) is 8.44. The van der Waals surface area contributed by atoms with Crippen LogP contribution in [0.3, 0.4) is 0 Å². The molecule has 0 saturated carbocycles. The third kappa shape index (κ3) is 4.69. The van der Waals surface area contributed by atoms with Crippen molar-refractivity contribution in [1.82, 2.24) is 20.4 Å². The van der Waals surface area contributed by atoms with Gasteiger partial charge in [-0.2, -0.15) is 16.3 Å². The first-order valence-corrected chi connectivity index (χ1v) is 9.90. The Morgan fingerprint density at radius 2 is 2.15 bits per heavy atom. The minimum absolute atomic E-state index is 0.00515. The van der Waals surface area contributed by atoms with E-state index < -0.39 is 0 Å². The minimum atomic E-state index is 0.00515. The SMILES string of the molecule is CC(C)NC(=O)C1CCN(C(=O)CCc2nc(-c3ccsc3)no2)CC1. The maximum atomic E-state index is 12.4. The molecule has 8 heteroatoms. The number of hydrogen-bond acceptors (Lipinski definition) is 6. The second-order valence-electron chi connectivity index (χ2n) is 6.84. The first-order chi connectivity index (χ1) is 12.5. The topological polar surface area (TPSA) is 88.3 Å². The molecule has 0 bridgehead atoms. The summed E-state index contributed by atoms with van der Waals surface area (Å²) in [5, 5.41) is 10.8. The smallest absolute Gasteiger partial charge is 0.227 e. The number of rotatable bonds is 6. The molecule has 3 rings (SSSR count). The Balaban J connectivity index is 1.44. The van der Waals surface area contributed by atoms with Gasteiger partial charge in [0.2, 0.25) is 23.5 Å². The average Bonchev–Trinajstić information content (AvgIpc) is 3.30. The average molecular weight is 376 g/mol. The van der Waals surface area contributed by atoms with Crippen LogP contribution in [0.1, 0.15) is 39.0 Å². The van der Waals surface area contributed by atoms with E-state index in [-0.39, 0.29) is 23.8 Å². The van der Waals surface area contributed by atoms with Gasteiger partial charge in [0, 0.05) is 48.8 Å². The molecule has 1 fully saturated rings. The quantitative estimate of drug-likeness (QED) is 0.837. The van der Waals surface area contributed by atoms with Crippen molar-refractivity contribution in [1.29, 1.82) is 0 Å².